The monoisotopic (exact) mass is 509 g/mol. The third kappa shape index (κ3) is 5.59. The summed E-state index contributed by atoms with van der Waals surface area (Å²) in [6.45, 7) is 6.78. The van der Waals surface area contributed by atoms with E-state index in [0.717, 1.165) is 34.9 Å². The first-order valence-electron chi connectivity index (χ1n) is 12.8. The van der Waals surface area contributed by atoms with E-state index in [4.69, 9.17) is 9.72 Å². The number of ether oxygens (including phenoxy) is 1. The van der Waals surface area contributed by atoms with Gasteiger partial charge in [-0.3, -0.25) is 4.57 Å². The van der Waals surface area contributed by atoms with E-state index in [1.165, 1.54) is 0 Å². The van der Waals surface area contributed by atoms with Crippen LogP contribution in [0.2, 0.25) is 0 Å². The van der Waals surface area contributed by atoms with E-state index in [0.29, 0.717) is 30.7 Å². The van der Waals surface area contributed by atoms with Gasteiger partial charge in [0.05, 0.1) is 24.4 Å². The average molecular weight is 510 g/mol. The number of amides is 1. The maximum atomic E-state index is 12.6. The first-order chi connectivity index (χ1) is 18.3. The van der Waals surface area contributed by atoms with Crippen LogP contribution in [0.3, 0.4) is 0 Å². The van der Waals surface area contributed by atoms with Crippen LogP contribution in [-0.4, -0.2) is 55.2 Å². The second-order valence-electron chi connectivity index (χ2n) is 10.5. The summed E-state index contributed by atoms with van der Waals surface area (Å²) in [6, 6.07) is 18.4. The molecule has 1 aliphatic heterocycles. The lowest BCUT2D eigenvalue weighted by Gasteiger charge is -2.34. The number of anilines is 1. The molecule has 2 aromatic heterocycles. The predicted molar refractivity (Wildman–Crippen MR) is 146 cm³/mol. The summed E-state index contributed by atoms with van der Waals surface area (Å²) < 4.78 is 7.46. The maximum Gasteiger partial charge on any atom is 0.410 e. The summed E-state index contributed by atoms with van der Waals surface area (Å²) in [7, 11) is 0. The van der Waals surface area contributed by atoms with E-state index in [-0.39, 0.29) is 18.6 Å². The second kappa shape index (κ2) is 10.5. The number of nitriles is 1. The molecular weight excluding hydrogens is 478 g/mol. The zero-order valence-corrected chi connectivity index (χ0v) is 21.9. The number of nitrogens with zero attached hydrogens (tertiary/aromatic N) is 6. The number of fused-ring (bicyclic) bond motifs is 1. The molecule has 0 radical (unpaired) electrons. The van der Waals surface area contributed by atoms with Crippen LogP contribution in [-0.2, 0) is 11.2 Å². The zero-order chi connectivity index (χ0) is 26.7. The number of carbonyl (C=O) groups excluding carboxylic acids is 1. The molecule has 1 N–H and O–H groups in total. The summed E-state index contributed by atoms with van der Waals surface area (Å²) in [5.74, 6) is 1.78. The lowest BCUT2D eigenvalue weighted by molar-refractivity contribution is 0.0206. The van der Waals surface area contributed by atoms with E-state index < -0.39 is 5.60 Å². The number of carbonyl (C=O) groups is 1. The van der Waals surface area contributed by atoms with E-state index in [1.807, 2.05) is 49.6 Å². The van der Waals surface area contributed by atoms with Gasteiger partial charge in [0, 0.05) is 30.9 Å². The molecule has 1 fully saturated rings. The minimum Gasteiger partial charge on any atom is -0.444 e. The van der Waals surface area contributed by atoms with Crippen molar-refractivity contribution < 1.29 is 9.53 Å². The first-order valence-corrected chi connectivity index (χ1v) is 12.8. The molecule has 4 aromatic rings. The lowest BCUT2D eigenvalue weighted by atomic mass is 10.1. The number of hydrogen-bond acceptors (Lipinski definition) is 7. The van der Waals surface area contributed by atoms with Gasteiger partial charge in [0.15, 0.2) is 0 Å². The molecule has 9 nitrogen and oxygen atoms in total. The van der Waals surface area contributed by atoms with Crippen molar-refractivity contribution in [3.63, 3.8) is 0 Å². The third-order valence-electron chi connectivity index (χ3n) is 6.38. The van der Waals surface area contributed by atoms with Crippen molar-refractivity contribution in [3.8, 4) is 23.3 Å². The quantitative estimate of drug-likeness (QED) is 0.386. The van der Waals surface area contributed by atoms with Gasteiger partial charge in [-0.15, -0.1) is 0 Å². The minimum absolute atomic E-state index is 0.00663. The van der Waals surface area contributed by atoms with Crippen LogP contribution in [0, 0.1) is 11.3 Å². The van der Waals surface area contributed by atoms with Gasteiger partial charge in [-0.25, -0.2) is 14.8 Å². The molecule has 1 amide bonds. The Labute approximate surface area is 222 Å². The van der Waals surface area contributed by atoms with Crippen molar-refractivity contribution in [2.75, 3.05) is 18.4 Å². The van der Waals surface area contributed by atoms with Gasteiger partial charge in [0.2, 0.25) is 5.95 Å². The zero-order valence-electron chi connectivity index (χ0n) is 21.9. The third-order valence-corrected chi connectivity index (χ3v) is 6.38. The van der Waals surface area contributed by atoms with Crippen LogP contribution in [0.1, 0.15) is 39.3 Å². The topological polar surface area (TPSA) is 109 Å². The van der Waals surface area contributed by atoms with Crippen molar-refractivity contribution in [1.29, 1.82) is 5.26 Å². The Kier molecular flexibility index (Phi) is 6.97. The summed E-state index contributed by atoms with van der Waals surface area (Å²) in [5, 5.41) is 15.1. The van der Waals surface area contributed by atoms with Crippen LogP contribution in [0.15, 0.2) is 60.9 Å². The molecule has 1 saturated heterocycles. The summed E-state index contributed by atoms with van der Waals surface area (Å²) in [5.41, 5.74) is 1.14. The number of likely N-dealkylation sites (tertiary alicyclic amines) is 1. The number of hydrogen-bond donors (Lipinski definition) is 1. The SMILES string of the molecule is CC(C)(C)OC(=O)N1CCC[C@H](Nc2nccc(-n3c(CC#N)cnc3-c3ccc4ccccc4c3)n2)C1. The number of piperidine rings is 1. The molecule has 9 heteroatoms. The standard InChI is InChI=1S/C29H31N7O2/c1-29(2,3)38-28(37)35-16-6-9-23(19-35)33-27-31-15-13-25(34-27)36-24(12-14-30)18-32-26(36)22-11-10-20-7-4-5-8-21(20)17-22/h4-5,7-8,10-11,13,15,17-18,23H,6,9,12,16,19H2,1-3H3,(H,31,33,34)/t23-/m0/s1. The number of imidazole rings is 1. The molecule has 0 spiro atoms. The molecule has 38 heavy (non-hydrogen) atoms. The fourth-order valence-corrected chi connectivity index (χ4v) is 4.69. The largest absolute Gasteiger partial charge is 0.444 e. The molecule has 0 bridgehead atoms. The van der Waals surface area contributed by atoms with Gasteiger partial charge in [0.25, 0.3) is 0 Å². The smallest absolute Gasteiger partial charge is 0.410 e. The van der Waals surface area contributed by atoms with Crippen molar-refractivity contribution in [2.24, 2.45) is 0 Å². The molecule has 194 valence electrons. The molecule has 1 atom stereocenters. The van der Waals surface area contributed by atoms with Crippen LogP contribution >= 0.6 is 0 Å². The molecule has 0 aliphatic carbocycles. The molecule has 0 saturated carbocycles. The molecular formula is C29H31N7O2. The first kappa shape index (κ1) is 25.2. The van der Waals surface area contributed by atoms with E-state index in [1.54, 1.807) is 17.3 Å². The van der Waals surface area contributed by atoms with Crippen molar-refractivity contribution in [2.45, 2.75) is 51.7 Å². The highest BCUT2D eigenvalue weighted by Gasteiger charge is 2.28. The van der Waals surface area contributed by atoms with Crippen molar-refractivity contribution in [3.05, 3.63) is 66.6 Å². The van der Waals surface area contributed by atoms with Gasteiger partial charge < -0.3 is 15.0 Å². The lowest BCUT2D eigenvalue weighted by Crippen LogP contribution is -2.47. The van der Waals surface area contributed by atoms with Gasteiger partial charge in [-0.2, -0.15) is 10.2 Å². The Balaban J connectivity index is 1.42. The summed E-state index contributed by atoms with van der Waals surface area (Å²) in [6.07, 6.45) is 5.05. The average Bonchev–Trinajstić information content (AvgIpc) is 3.32. The van der Waals surface area contributed by atoms with Gasteiger partial charge in [-0.05, 0) is 56.5 Å². The normalized spacial score (nSPS) is 15.7. The number of aromatic nitrogens is 4. The second-order valence-corrected chi connectivity index (χ2v) is 10.5. The summed E-state index contributed by atoms with van der Waals surface area (Å²) >= 11 is 0. The molecule has 2 aromatic carbocycles. The number of rotatable bonds is 5. The number of benzene rings is 2. The molecule has 3 heterocycles. The summed E-state index contributed by atoms with van der Waals surface area (Å²) in [4.78, 5) is 28.2. The van der Waals surface area contributed by atoms with Crippen LogP contribution in [0.5, 0.6) is 0 Å². The van der Waals surface area contributed by atoms with Gasteiger partial charge in [0.1, 0.15) is 17.2 Å². The highest BCUT2D eigenvalue weighted by atomic mass is 16.6. The fraction of sp³-hybridized carbons (Fsp3) is 0.345. The van der Waals surface area contributed by atoms with E-state index in [9.17, 15) is 10.1 Å². The van der Waals surface area contributed by atoms with Gasteiger partial charge in [-0.1, -0.05) is 36.4 Å². The Morgan fingerprint density at radius 2 is 1.97 bits per heavy atom. The molecule has 1 aliphatic rings. The predicted octanol–water partition coefficient (Wildman–Crippen LogP) is 5.36. The van der Waals surface area contributed by atoms with Crippen molar-refractivity contribution >= 4 is 22.8 Å². The van der Waals surface area contributed by atoms with Crippen LogP contribution in [0.25, 0.3) is 28.0 Å². The highest BCUT2D eigenvalue weighted by molar-refractivity contribution is 5.86. The fourth-order valence-electron chi connectivity index (χ4n) is 4.69. The molecule has 0 unspecified atom stereocenters. The van der Waals surface area contributed by atoms with Crippen LogP contribution in [0.4, 0.5) is 10.7 Å². The minimum atomic E-state index is -0.538. The Hall–Kier alpha value is -4.45. The number of nitrogens with one attached hydrogen (secondary N) is 1. The van der Waals surface area contributed by atoms with Gasteiger partial charge >= 0.3 is 6.09 Å². The van der Waals surface area contributed by atoms with Crippen LogP contribution < -0.4 is 5.32 Å². The van der Waals surface area contributed by atoms with E-state index in [2.05, 4.69) is 45.6 Å². The highest BCUT2D eigenvalue weighted by Crippen LogP contribution is 2.27. The molecule has 5 rings (SSSR count). The Morgan fingerprint density at radius 3 is 2.76 bits per heavy atom. The van der Waals surface area contributed by atoms with E-state index >= 15 is 0 Å². The Morgan fingerprint density at radius 1 is 1.16 bits per heavy atom. The Bertz CT molecular complexity index is 1500. The maximum absolute atomic E-state index is 12.6. The van der Waals surface area contributed by atoms with Crippen molar-refractivity contribution in [1.82, 2.24) is 24.4 Å².